The van der Waals surface area contributed by atoms with Crippen molar-refractivity contribution in [1.82, 2.24) is 24.5 Å². The van der Waals surface area contributed by atoms with Crippen LogP contribution in [0.3, 0.4) is 0 Å². The second-order valence-corrected chi connectivity index (χ2v) is 13.9. The van der Waals surface area contributed by atoms with E-state index < -0.39 is 0 Å². The molecule has 0 spiro atoms. The van der Waals surface area contributed by atoms with E-state index in [2.05, 4.69) is 108 Å². The molecular formula is C50H31N5O. The zero-order valence-electron chi connectivity index (χ0n) is 30.0. The minimum atomic E-state index is 0.500. The van der Waals surface area contributed by atoms with Crippen LogP contribution in [0.1, 0.15) is 0 Å². The van der Waals surface area contributed by atoms with Crippen molar-refractivity contribution in [2.45, 2.75) is 0 Å². The fourth-order valence-electron chi connectivity index (χ4n) is 7.86. The van der Waals surface area contributed by atoms with E-state index in [0.717, 1.165) is 66.6 Å². The van der Waals surface area contributed by atoms with Crippen molar-refractivity contribution in [3.8, 4) is 62.4 Å². The van der Waals surface area contributed by atoms with Gasteiger partial charge in [-0.05, 0) is 47.5 Å². The van der Waals surface area contributed by atoms with Crippen molar-refractivity contribution >= 4 is 43.7 Å². The predicted octanol–water partition coefficient (Wildman–Crippen LogP) is 12.6. The van der Waals surface area contributed by atoms with Crippen molar-refractivity contribution in [1.29, 1.82) is 0 Å². The molecule has 0 fully saturated rings. The Balaban J connectivity index is 1.15. The molecule has 0 aliphatic rings. The van der Waals surface area contributed by atoms with Gasteiger partial charge in [0, 0.05) is 44.3 Å². The Kier molecular flexibility index (Phi) is 7.38. The highest BCUT2D eigenvalue weighted by Gasteiger charge is 2.21. The van der Waals surface area contributed by atoms with Crippen LogP contribution in [0.5, 0.6) is 0 Å². The van der Waals surface area contributed by atoms with Gasteiger partial charge < -0.3 is 8.98 Å². The molecule has 0 unspecified atom stereocenters. The van der Waals surface area contributed by atoms with Gasteiger partial charge in [-0.1, -0.05) is 146 Å². The van der Waals surface area contributed by atoms with Crippen molar-refractivity contribution < 1.29 is 4.42 Å². The summed E-state index contributed by atoms with van der Waals surface area (Å²) in [4.78, 5) is 20.2. The van der Waals surface area contributed by atoms with Gasteiger partial charge in [0.2, 0.25) is 0 Å². The Morgan fingerprint density at radius 2 is 0.946 bits per heavy atom. The van der Waals surface area contributed by atoms with Crippen LogP contribution in [0, 0.1) is 0 Å². The smallest absolute Gasteiger partial charge is 0.182 e. The summed E-state index contributed by atoms with van der Waals surface area (Å²) in [7, 11) is 0. The van der Waals surface area contributed by atoms with Gasteiger partial charge in [0.1, 0.15) is 16.9 Å². The topological polar surface area (TPSA) is 69.6 Å². The number of aromatic nitrogens is 5. The Morgan fingerprint density at radius 1 is 0.357 bits per heavy atom. The van der Waals surface area contributed by atoms with Crippen molar-refractivity contribution in [3.63, 3.8) is 0 Å². The Bertz CT molecular complexity index is 3190. The van der Waals surface area contributed by atoms with Crippen LogP contribution in [0.15, 0.2) is 192 Å². The lowest BCUT2D eigenvalue weighted by Crippen LogP contribution is -2.01. The van der Waals surface area contributed by atoms with Gasteiger partial charge in [0.05, 0.1) is 22.4 Å². The largest absolute Gasteiger partial charge is 0.456 e. The number of benzene rings is 7. The Labute approximate surface area is 322 Å². The van der Waals surface area contributed by atoms with E-state index in [1.807, 2.05) is 84.9 Å². The van der Waals surface area contributed by atoms with Crippen molar-refractivity contribution in [2.24, 2.45) is 0 Å². The lowest BCUT2D eigenvalue weighted by atomic mass is 10.0. The number of rotatable bonds is 6. The molecule has 0 saturated carbocycles. The molecule has 4 heterocycles. The highest BCUT2D eigenvalue weighted by atomic mass is 16.3. The normalized spacial score (nSPS) is 11.6. The molecule has 6 nitrogen and oxygen atoms in total. The maximum Gasteiger partial charge on any atom is 0.182 e. The van der Waals surface area contributed by atoms with E-state index in [1.165, 1.54) is 16.3 Å². The monoisotopic (exact) mass is 717 g/mol. The molecule has 0 N–H and O–H groups in total. The van der Waals surface area contributed by atoms with Crippen LogP contribution in [0.2, 0.25) is 0 Å². The molecule has 0 amide bonds. The van der Waals surface area contributed by atoms with Crippen LogP contribution in [-0.2, 0) is 0 Å². The number of hydrogen-bond acceptors (Lipinski definition) is 5. The lowest BCUT2D eigenvalue weighted by molar-refractivity contribution is 0.668. The van der Waals surface area contributed by atoms with Crippen LogP contribution in [0.4, 0.5) is 0 Å². The first kappa shape index (κ1) is 31.8. The van der Waals surface area contributed by atoms with E-state index in [9.17, 15) is 0 Å². The number of fused-ring (bicyclic) bond motifs is 6. The maximum absolute atomic E-state index is 6.64. The highest BCUT2D eigenvalue weighted by molar-refractivity contribution is 6.14. The van der Waals surface area contributed by atoms with Gasteiger partial charge in [0.15, 0.2) is 17.5 Å². The second kappa shape index (κ2) is 13.0. The zero-order chi connectivity index (χ0) is 37.0. The standard InChI is InChI=1S/C50H31N5O/c1-4-15-32(16-5-1)35-27-28-38-37-21-10-12-25-43(37)55(44(38)29-35)36-30-40(47-39-22-11-13-26-45(39)56-46(47)31-36)41-23-14-24-42(51-41)50-53-48(33-17-6-2-7-18-33)52-49(54-50)34-19-8-3-9-20-34/h1-31H. The van der Waals surface area contributed by atoms with Gasteiger partial charge in [-0.3, -0.25) is 0 Å². The maximum atomic E-state index is 6.64. The SMILES string of the molecule is c1ccc(-c2ccc3c4ccccc4n(-c4cc(-c5cccc(-c6nc(-c7ccccc7)nc(-c7ccccc7)n6)n5)c5c(c4)oc4ccccc45)c3c2)cc1. The van der Waals surface area contributed by atoms with Crippen LogP contribution < -0.4 is 0 Å². The summed E-state index contributed by atoms with van der Waals surface area (Å²) in [6.07, 6.45) is 0. The quantitative estimate of drug-likeness (QED) is 0.171. The molecular weight excluding hydrogens is 687 g/mol. The molecule has 0 bridgehead atoms. The van der Waals surface area contributed by atoms with Gasteiger partial charge in [0.25, 0.3) is 0 Å². The third kappa shape index (κ3) is 5.35. The molecule has 7 aromatic carbocycles. The van der Waals surface area contributed by atoms with E-state index in [1.54, 1.807) is 0 Å². The third-order valence-electron chi connectivity index (χ3n) is 10.5. The predicted molar refractivity (Wildman–Crippen MR) is 226 cm³/mol. The Morgan fingerprint density at radius 3 is 1.68 bits per heavy atom. The summed E-state index contributed by atoms with van der Waals surface area (Å²) in [6, 6.07) is 64.5. The lowest BCUT2D eigenvalue weighted by Gasteiger charge is -2.13. The fourth-order valence-corrected chi connectivity index (χ4v) is 7.86. The summed E-state index contributed by atoms with van der Waals surface area (Å²) in [5.74, 6) is 1.68. The first-order chi connectivity index (χ1) is 27.7. The number of para-hydroxylation sites is 2. The van der Waals surface area contributed by atoms with E-state index in [0.29, 0.717) is 23.2 Å². The minimum absolute atomic E-state index is 0.500. The zero-order valence-corrected chi connectivity index (χ0v) is 30.0. The number of pyridine rings is 1. The summed E-state index contributed by atoms with van der Waals surface area (Å²) in [5, 5.41) is 4.41. The molecule has 56 heavy (non-hydrogen) atoms. The van der Waals surface area contributed by atoms with Gasteiger partial charge >= 0.3 is 0 Å². The molecule has 0 aliphatic heterocycles. The number of furan rings is 1. The van der Waals surface area contributed by atoms with Crippen LogP contribution in [-0.4, -0.2) is 24.5 Å². The molecule has 6 heteroatoms. The van der Waals surface area contributed by atoms with Crippen molar-refractivity contribution in [2.75, 3.05) is 0 Å². The molecule has 4 aromatic heterocycles. The van der Waals surface area contributed by atoms with Gasteiger partial charge in [-0.15, -0.1) is 0 Å². The average molecular weight is 718 g/mol. The minimum Gasteiger partial charge on any atom is -0.456 e. The van der Waals surface area contributed by atoms with Crippen LogP contribution >= 0.6 is 0 Å². The molecule has 11 rings (SSSR count). The summed E-state index contributed by atoms with van der Waals surface area (Å²) in [5.41, 5.74) is 11.3. The first-order valence-electron chi connectivity index (χ1n) is 18.6. The molecule has 0 aliphatic carbocycles. The summed E-state index contributed by atoms with van der Waals surface area (Å²) >= 11 is 0. The highest BCUT2D eigenvalue weighted by Crippen LogP contribution is 2.41. The Hall–Kier alpha value is -7.70. The molecule has 0 radical (unpaired) electrons. The average Bonchev–Trinajstić information content (AvgIpc) is 3.82. The van der Waals surface area contributed by atoms with Gasteiger partial charge in [-0.25, -0.2) is 19.9 Å². The van der Waals surface area contributed by atoms with E-state index >= 15 is 0 Å². The third-order valence-corrected chi connectivity index (χ3v) is 10.5. The number of hydrogen-bond donors (Lipinski definition) is 0. The summed E-state index contributed by atoms with van der Waals surface area (Å²) in [6.45, 7) is 0. The molecule has 0 atom stereocenters. The van der Waals surface area contributed by atoms with Gasteiger partial charge in [-0.2, -0.15) is 0 Å². The van der Waals surface area contributed by atoms with E-state index in [-0.39, 0.29) is 0 Å². The summed E-state index contributed by atoms with van der Waals surface area (Å²) < 4.78 is 8.99. The van der Waals surface area contributed by atoms with E-state index in [4.69, 9.17) is 24.4 Å². The number of nitrogens with zero attached hydrogens (tertiary/aromatic N) is 5. The molecule has 262 valence electrons. The molecule has 11 aromatic rings. The second-order valence-electron chi connectivity index (χ2n) is 13.9. The van der Waals surface area contributed by atoms with Crippen LogP contribution in [0.25, 0.3) is 106 Å². The first-order valence-corrected chi connectivity index (χ1v) is 18.6. The van der Waals surface area contributed by atoms with Crippen molar-refractivity contribution in [3.05, 3.63) is 188 Å². The molecule has 0 saturated heterocycles. The fraction of sp³-hybridized carbons (Fsp3) is 0.